The van der Waals surface area contributed by atoms with Crippen LogP contribution in [-0.2, 0) is 6.54 Å². The SMILES string of the molecule is CN(Cc1cccnc1)C(C)(CN)CC1CC1. The molecule has 0 saturated heterocycles. The van der Waals surface area contributed by atoms with Crippen LogP contribution < -0.4 is 5.73 Å². The molecule has 0 aliphatic heterocycles. The summed E-state index contributed by atoms with van der Waals surface area (Å²) < 4.78 is 0. The van der Waals surface area contributed by atoms with Crippen molar-refractivity contribution in [1.29, 1.82) is 0 Å². The van der Waals surface area contributed by atoms with Gasteiger partial charge in [-0.05, 0) is 37.9 Å². The van der Waals surface area contributed by atoms with E-state index in [0.29, 0.717) is 0 Å². The number of hydrogen-bond donors (Lipinski definition) is 1. The number of nitrogens with zero attached hydrogens (tertiary/aromatic N) is 2. The fourth-order valence-electron chi connectivity index (χ4n) is 2.30. The predicted octanol–water partition coefficient (Wildman–Crippen LogP) is 2.03. The van der Waals surface area contributed by atoms with Gasteiger partial charge in [0, 0.05) is 31.0 Å². The topological polar surface area (TPSA) is 42.2 Å². The van der Waals surface area contributed by atoms with Gasteiger partial charge in [-0.3, -0.25) is 9.88 Å². The third-order valence-electron chi connectivity index (χ3n) is 3.93. The van der Waals surface area contributed by atoms with Gasteiger partial charge >= 0.3 is 0 Å². The molecule has 17 heavy (non-hydrogen) atoms. The molecule has 0 spiro atoms. The first kappa shape index (κ1) is 12.5. The monoisotopic (exact) mass is 233 g/mol. The van der Waals surface area contributed by atoms with E-state index in [2.05, 4.69) is 29.9 Å². The maximum atomic E-state index is 5.98. The number of rotatable bonds is 6. The van der Waals surface area contributed by atoms with Crippen molar-refractivity contribution in [3.8, 4) is 0 Å². The molecule has 1 aromatic rings. The summed E-state index contributed by atoms with van der Waals surface area (Å²) in [5, 5.41) is 0. The highest BCUT2D eigenvalue weighted by molar-refractivity contribution is 5.09. The second-order valence-corrected chi connectivity index (χ2v) is 5.57. The Hall–Kier alpha value is -0.930. The standard InChI is InChI=1S/C14H23N3/c1-14(11-15,8-12-5-6-12)17(2)10-13-4-3-7-16-9-13/h3-4,7,9,12H,5-6,8,10-11,15H2,1-2H3. The van der Waals surface area contributed by atoms with E-state index in [4.69, 9.17) is 5.73 Å². The predicted molar refractivity (Wildman–Crippen MR) is 70.5 cm³/mol. The average Bonchev–Trinajstić information content (AvgIpc) is 3.14. The highest BCUT2D eigenvalue weighted by atomic mass is 15.2. The van der Waals surface area contributed by atoms with Gasteiger partial charge in [-0.2, -0.15) is 0 Å². The summed E-state index contributed by atoms with van der Waals surface area (Å²) in [6, 6.07) is 4.11. The number of nitrogens with two attached hydrogens (primary N) is 1. The van der Waals surface area contributed by atoms with Crippen molar-refractivity contribution in [1.82, 2.24) is 9.88 Å². The molecule has 1 aliphatic rings. The summed E-state index contributed by atoms with van der Waals surface area (Å²) in [6.45, 7) is 3.93. The summed E-state index contributed by atoms with van der Waals surface area (Å²) in [5.41, 5.74) is 7.36. The maximum absolute atomic E-state index is 5.98. The second kappa shape index (κ2) is 5.15. The summed E-state index contributed by atoms with van der Waals surface area (Å²) in [7, 11) is 2.17. The third-order valence-corrected chi connectivity index (χ3v) is 3.93. The van der Waals surface area contributed by atoms with Gasteiger partial charge in [0.25, 0.3) is 0 Å². The van der Waals surface area contributed by atoms with Crippen molar-refractivity contribution in [2.45, 2.75) is 38.3 Å². The van der Waals surface area contributed by atoms with Gasteiger partial charge in [-0.25, -0.2) is 0 Å². The molecule has 1 unspecified atom stereocenters. The third kappa shape index (κ3) is 3.27. The molecule has 0 aromatic carbocycles. The van der Waals surface area contributed by atoms with Crippen LogP contribution >= 0.6 is 0 Å². The lowest BCUT2D eigenvalue weighted by molar-refractivity contribution is 0.119. The van der Waals surface area contributed by atoms with E-state index in [9.17, 15) is 0 Å². The van der Waals surface area contributed by atoms with Gasteiger partial charge in [0.05, 0.1) is 0 Å². The summed E-state index contributed by atoms with van der Waals surface area (Å²) in [6.07, 6.45) is 7.74. The van der Waals surface area contributed by atoms with Gasteiger partial charge in [-0.1, -0.05) is 18.9 Å². The lowest BCUT2D eigenvalue weighted by atomic mass is 9.92. The zero-order valence-electron chi connectivity index (χ0n) is 10.9. The highest BCUT2D eigenvalue weighted by Gasteiger charge is 2.35. The molecule has 1 atom stereocenters. The van der Waals surface area contributed by atoms with Crippen LogP contribution in [0.2, 0.25) is 0 Å². The first-order valence-electron chi connectivity index (χ1n) is 6.44. The van der Waals surface area contributed by atoms with Gasteiger partial charge in [0.15, 0.2) is 0 Å². The molecule has 1 aliphatic carbocycles. The Kier molecular flexibility index (Phi) is 3.79. The molecule has 1 aromatic heterocycles. The number of pyridine rings is 1. The molecular formula is C14H23N3. The van der Waals surface area contributed by atoms with E-state index in [-0.39, 0.29) is 5.54 Å². The quantitative estimate of drug-likeness (QED) is 0.817. The lowest BCUT2D eigenvalue weighted by Gasteiger charge is -2.38. The molecule has 3 nitrogen and oxygen atoms in total. The van der Waals surface area contributed by atoms with Gasteiger partial charge in [0.1, 0.15) is 0 Å². The van der Waals surface area contributed by atoms with Crippen molar-refractivity contribution in [3.05, 3.63) is 30.1 Å². The zero-order valence-corrected chi connectivity index (χ0v) is 10.9. The molecule has 94 valence electrons. The van der Waals surface area contributed by atoms with Gasteiger partial charge < -0.3 is 5.73 Å². The number of hydrogen-bond acceptors (Lipinski definition) is 3. The molecule has 0 bridgehead atoms. The first-order valence-corrected chi connectivity index (χ1v) is 6.44. The first-order chi connectivity index (χ1) is 8.14. The highest BCUT2D eigenvalue weighted by Crippen LogP contribution is 2.38. The van der Waals surface area contributed by atoms with E-state index in [1.165, 1.54) is 24.8 Å². The summed E-state index contributed by atoms with van der Waals surface area (Å²) in [4.78, 5) is 6.54. The van der Waals surface area contributed by atoms with Crippen LogP contribution in [0.1, 0.15) is 31.7 Å². The molecule has 0 amide bonds. The van der Waals surface area contributed by atoms with Crippen LogP contribution in [0.25, 0.3) is 0 Å². The minimum atomic E-state index is 0.122. The Morgan fingerprint density at radius 3 is 2.82 bits per heavy atom. The van der Waals surface area contributed by atoms with E-state index < -0.39 is 0 Å². The maximum Gasteiger partial charge on any atom is 0.0312 e. The van der Waals surface area contributed by atoms with Crippen molar-refractivity contribution >= 4 is 0 Å². The Balaban J connectivity index is 1.98. The van der Waals surface area contributed by atoms with Crippen LogP contribution in [0, 0.1) is 5.92 Å². The van der Waals surface area contributed by atoms with Crippen LogP contribution in [-0.4, -0.2) is 29.0 Å². The average molecular weight is 233 g/mol. The van der Waals surface area contributed by atoms with E-state index in [0.717, 1.165) is 19.0 Å². The Morgan fingerprint density at radius 2 is 2.29 bits per heavy atom. The molecule has 1 fully saturated rings. The van der Waals surface area contributed by atoms with Crippen molar-refractivity contribution in [2.75, 3.05) is 13.6 Å². The second-order valence-electron chi connectivity index (χ2n) is 5.57. The van der Waals surface area contributed by atoms with E-state index in [1.54, 1.807) is 0 Å². The lowest BCUT2D eigenvalue weighted by Crippen LogP contribution is -2.49. The van der Waals surface area contributed by atoms with Crippen LogP contribution in [0.5, 0.6) is 0 Å². The van der Waals surface area contributed by atoms with Crippen LogP contribution in [0.4, 0.5) is 0 Å². The minimum absolute atomic E-state index is 0.122. The molecule has 2 N–H and O–H groups in total. The molecule has 1 heterocycles. The fraction of sp³-hybridized carbons (Fsp3) is 0.643. The Morgan fingerprint density at radius 1 is 1.53 bits per heavy atom. The molecular weight excluding hydrogens is 210 g/mol. The number of aromatic nitrogens is 1. The number of likely N-dealkylation sites (N-methyl/N-ethyl adjacent to an activating group) is 1. The van der Waals surface area contributed by atoms with Crippen LogP contribution in [0.3, 0.4) is 0 Å². The van der Waals surface area contributed by atoms with Crippen molar-refractivity contribution in [3.63, 3.8) is 0 Å². The molecule has 0 radical (unpaired) electrons. The molecule has 3 heteroatoms. The Labute approximate surface area is 104 Å². The van der Waals surface area contributed by atoms with Gasteiger partial charge in [-0.15, -0.1) is 0 Å². The minimum Gasteiger partial charge on any atom is -0.329 e. The van der Waals surface area contributed by atoms with E-state index >= 15 is 0 Å². The Bertz CT molecular complexity index is 348. The smallest absolute Gasteiger partial charge is 0.0312 e. The van der Waals surface area contributed by atoms with Crippen LogP contribution in [0.15, 0.2) is 24.5 Å². The summed E-state index contributed by atoms with van der Waals surface area (Å²) >= 11 is 0. The van der Waals surface area contributed by atoms with Gasteiger partial charge in [0.2, 0.25) is 0 Å². The zero-order chi connectivity index (χ0) is 12.3. The molecule has 1 saturated carbocycles. The summed E-state index contributed by atoms with van der Waals surface area (Å²) in [5.74, 6) is 0.903. The van der Waals surface area contributed by atoms with Crippen molar-refractivity contribution in [2.24, 2.45) is 11.7 Å². The largest absolute Gasteiger partial charge is 0.329 e. The molecule has 2 rings (SSSR count). The van der Waals surface area contributed by atoms with E-state index in [1.807, 2.05) is 18.5 Å². The normalized spacial score (nSPS) is 19.3. The van der Waals surface area contributed by atoms with Crippen molar-refractivity contribution < 1.29 is 0 Å². The fourth-order valence-corrected chi connectivity index (χ4v) is 2.30.